The van der Waals surface area contributed by atoms with Crippen molar-refractivity contribution in [1.82, 2.24) is 5.32 Å². The van der Waals surface area contributed by atoms with Crippen LogP contribution in [-0.4, -0.2) is 28.7 Å². The van der Waals surface area contributed by atoms with Crippen molar-refractivity contribution in [3.05, 3.63) is 35.4 Å². The van der Waals surface area contributed by atoms with Gasteiger partial charge in [-0.1, -0.05) is 0 Å². The Morgan fingerprint density at radius 1 is 1.05 bits per heavy atom. The van der Waals surface area contributed by atoms with Gasteiger partial charge in [0.1, 0.15) is 5.60 Å². The fourth-order valence-corrected chi connectivity index (χ4v) is 1.23. The predicted octanol–water partition coefficient (Wildman–Crippen LogP) is 2.05. The number of imide groups is 1. The maximum Gasteiger partial charge on any atom is 0.414 e. The summed E-state index contributed by atoms with van der Waals surface area (Å²) in [6.45, 7) is 5.04. The molecule has 0 spiro atoms. The van der Waals surface area contributed by atoms with Crippen LogP contribution in [0.4, 0.5) is 4.79 Å². The first kappa shape index (κ1) is 14.7. The largest absolute Gasteiger partial charge is 0.478 e. The first-order valence-electron chi connectivity index (χ1n) is 5.57. The van der Waals surface area contributed by atoms with Crippen LogP contribution in [0.15, 0.2) is 24.3 Å². The number of hydrogen-bond acceptors (Lipinski definition) is 4. The van der Waals surface area contributed by atoms with Crippen molar-refractivity contribution >= 4 is 18.0 Å². The first-order chi connectivity index (χ1) is 8.69. The van der Waals surface area contributed by atoms with Gasteiger partial charge in [-0.05, 0) is 45.0 Å². The zero-order chi connectivity index (χ0) is 14.6. The lowest BCUT2D eigenvalue weighted by atomic mass is 10.1. The van der Waals surface area contributed by atoms with Crippen LogP contribution in [-0.2, 0) is 4.74 Å². The maximum absolute atomic E-state index is 11.7. The van der Waals surface area contributed by atoms with Gasteiger partial charge in [-0.3, -0.25) is 10.1 Å². The second kappa shape index (κ2) is 5.51. The van der Waals surface area contributed by atoms with E-state index >= 15 is 0 Å². The highest BCUT2D eigenvalue weighted by Gasteiger charge is 2.18. The molecule has 0 aliphatic heterocycles. The molecule has 0 radical (unpaired) electrons. The van der Waals surface area contributed by atoms with Crippen molar-refractivity contribution in [2.24, 2.45) is 0 Å². The average molecular weight is 265 g/mol. The summed E-state index contributed by atoms with van der Waals surface area (Å²) in [5.41, 5.74) is -0.456. The third kappa shape index (κ3) is 4.79. The Hall–Kier alpha value is -2.37. The maximum atomic E-state index is 11.7. The number of ether oxygens (including phenoxy) is 1. The number of rotatable bonds is 2. The van der Waals surface area contributed by atoms with Crippen LogP contribution in [0.5, 0.6) is 0 Å². The molecular formula is C13H15NO5. The van der Waals surface area contributed by atoms with Crippen molar-refractivity contribution in [2.75, 3.05) is 0 Å². The lowest BCUT2D eigenvalue weighted by Crippen LogP contribution is -2.36. The molecule has 0 aromatic heterocycles. The number of nitrogens with one attached hydrogen (secondary N) is 1. The molecule has 0 aliphatic carbocycles. The van der Waals surface area contributed by atoms with Gasteiger partial charge in [-0.2, -0.15) is 0 Å². The molecule has 0 fully saturated rings. The number of carboxylic acids is 1. The smallest absolute Gasteiger partial charge is 0.414 e. The summed E-state index contributed by atoms with van der Waals surface area (Å²) < 4.78 is 4.93. The molecule has 6 heteroatoms. The minimum absolute atomic E-state index is 0.0637. The van der Waals surface area contributed by atoms with E-state index in [4.69, 9.17) is 9.84 Å². The molecule has 2 amide bonds. The van der Waals surface area contributed by atoms with E-state index in [1.807, 2.05) is 0 Å². The highest BCUT2D eigenvalue weighted by molar-refractivity contribution is 6.03. The molecular weight excluding hydrogens is 250 g/mol. The van der Waals surface area contributed by atoms with Gasteiger partial charge in [-0.25, -0.2) is 9.59 Å². The van der Waals surface area contributed by atoms with Crippen molar-refractivity contribution in [3.63, 3.8) is 0 Å². The Balaban J connectivity index is 2.68. The zero-order valence-electron chi connectivity index (χ0n) is 10.9. The summed E-state index contributed by atoms with van der Waals surface area (Å²) in [5, 5.41) is 10.8. The number of amides is 2. The molecule has 0 saturated carbocycles. The Bertz CT molecular complexity index is 499. The number of carboxylic acid groups (broad SMARTS) is 1. The van der Waals surface area contributed by atoms with Gasteiger partial charge in [-0.15, -0.1) is 0 Å². The fraction of sp³-hybridized carbons (Fsp3) is 0.308. The fourth-order valence-electron chi connectivity index (χ4n) is 1.23. The minimum Gasteiger partial charge on any atom is -0.478 e. The van der Waals surface area contributed by atoms with Crippen molar-refractivity contribution < 1.29 is 24.2 Å². The van der Waals surface area contributed by atoms with E-state index in [0.717, 1.165) is 0 Å². The second-order valence-corrected chi connectivity index (χ2v) is 4.84. The van der Waals surface area contributed by atoms with E-state index in [2.05, 4.69) is 5.32 Å². The average Bonchev–Trinajstić information content (AvgIpc) is 2.26. The minimum atomic E-state index is -1.08. The molecule has 1 aromatic carbocycles. The van der Waals surface area contributed by atoms with Crippen molar-refractivity contribution in [2.45, 2.75) is 26.4 Å². The molecule has 2 N–H and O–H groups in total. The van der Waals surface area contributed by atoms with Crippen molar-refractivity contribution in [1.29, 1.82) is 0 Å². The monoisotopic (exact) mass is 265 g/mol. The van der Waals surface area contributed by atoms with Crippen LogP contribution in [0.25, 0.3) is 0 Å². The lowest BCUT2D eigenvalue weighted by Gasteiger charge is -2.19. The van der Waals surface area contributed by atoms with Gasteiger partial charge in [0, 0.05) is 5.56 Å². The number of benzene rings is 1. The lowest BCUT2D eigenvalue weighted by molar-refractivity contribution is 0.0507. The highest BCUT2D eigenvalue weighted by Crippen LogP contribution is 2.08. The SMILES string of the molecule is CC(C)(C)OC(=O)NC(=O)c1ccc(C(=O)O)cc1. The summed E-state index contributed by atoms with van der Waals surface area (Å²) in [4.78, 5) is 33.7. The highest BCUT2D eigenvalue weighted by atomic mass is 16.6. The number of carbonyl (C=O) groups is 3. The normalized spacial score (nSPS) is 10.7. The topological polar surface area (TPSA) is 92.7 Å². The van der Waals surface area contributed by atoms with E-state index in [1.165, 1.54) is 24.3 Å². The summed E-state index contributed by atoms with van der Waals surface area (Å²) in [6.07, 6.45) is -0.847. The van der Waals surface area contributed by atoms with Crippen molar-refractivity contribution in [3.8, 4) is 0 Å². The Labute approximate surface area is 110 Å². The Kier molecular flexibility index (Phi) is 4.26. The molecule has 0 atom stereocenters. The molecule has 1 aromatic rings. The standard InChI is InChI=1S/C13H15NO5/c1-13(2,3)19-12(18)14-10(15)8-4-6-9(7-5-8)11(16)17/h4-7H,1-3H3,(H,16,17)(H,14,15,18). The van der Waals surface area contributed by atoms with Crippen LogP contribution in [0.2, 0.25) is 0 Å². The third-order valence-electron chi connectivity index (χ3n) is 2.01. The van der Waals surface area contributed by atoms with Gasteiger partial charge < -0.3 is 9.84 Å². The van der Waals surface area contributed by atoms with E-state index in [1.54, 1.807) is 20.8 Å². The molecule has 19 heavy (non-hydrogen) atoms. The van der Waals surface area contributed by atoms with Gasteiger partial charge >= 0.3 is 12.1 Å². The predicted molar refractivity (Wildman–Crippen MR) is 67.1 cm³/mol. The molecule has 102 valence electrons. The zero-order valence-corrected chi connectivity index (χ0v) is 10.9. The summed E-state index contributed by atoms with van der Waals surface area (Å²) >= 11 is 0. The Morgan fingerprint density at radius 3 is 1.95 bits per heavy atom. The van der Waals surface area contributed by atoms with Gasteiger partial charge in [0.05, 0.1) is 5.56 Å². The molecule has 0 heterocycles. The summed E-state index contributed by atoms with van der Waals surface area (Å²) in [7, 11) is 0. The number of alkyl carbamates (subject to hydrolysis) is 1. The summed E-state index contributed by atoms with van der Waals surface area (Å²) in [6, 6.07) is 5.21. The second-order valence-electron chi connectivity index (χ2n) is 4.84. The van der Waals surface area contributed by atoms with E-state index in [9.17, 15) is 14.4 Å². The molecule has 0 bridgehead atoms. The molecule has 0 unspecified atom stereocenters. The number of aromatic carboxylic acids is 1. The Morgan fingerprint density at radius 2 is 1.53 bits per heavy atom. The van der Waals surface area contributed by atoms with Crippen LogP contribution < -0.4 is 5.32 Å². The third-order valence-corrected chi connectivity index (χ3v) is 2.01. The molecule has 1 rings (SSSR count). The molecule has 6 nitrogen and oxygen atoms in total. The van der Waals surface area contributed by atoms with Gasteiger partial charge in [0.15, 0.2) is 0 Å². The van der Waals surface area contributed by atoms with E-state index < -0.39 is 23.6 Å². The van der Waals surface area contributed by atoms with Gasteiger partial charge in [0.2, 0.25) is 0 Å². The van der Waals surface area contributed by atoms with E-state index in [-0.39, 0.29) is 11.1 Å². The molecule has 0 saturated heterocycles. The van der Waals surface area contributed by atoms with Crippen LogP contribution in [0, 0.1) is 0 Å². The number of carbonyl (C=O) groups excluding carboxylic acids is 2. The number of hydrogen-bond donors (Lipinski definition) is 2. The summed E-state index contributed by atoms with van der Waals surface area (Å²) in [5.74, 6) is -1.73. The van der Waals surface area contributed by atoms with E-state index in [0.29, 0.717) is 0 Å². The van der Waals surface area contributed by atoms with Crippen LogP contribution in [0.1, 0.15) is 41.5 Å². The first-order valence-corrected chi connectivity index (χ1v) is 5.57. The van der Waals surface area contributed by atoms with Gasteiger partial charge in [0.25, 0.3) is 5.91 Å². The van der Waals surface area contributed by atoms with Crippen LogP contribution in [0.3, 0.4) is 0 Å². The molecule has 0 aliphatic rings. The van der Waals surface area contributed by atoms with Crippen LogP contribution >= 0.6 is 0 Å². The quantitative estimate of drug-likeness (QED) is 0.853.